The van der Waals surface area contributed by atoms with E-state index in [1.54, 1.807) is 24.4 Å². The van der Waals surface area contributed by atoms with Crippen molar-refractivity contribution in [1.29, 1.82) is 0 Å². The normalized spacial score (nSPS) is 11.3. The lowest BCUT2D eigenvalue weighted by atomic mass is 10.1. The van der Waals surface area contributed by atoms with Gasteiger partial charge < -0.3 is 14.4 Å². The predicted octanol–water partition coefficient (Wildman–Crippen LogP) is 0.904. The molecule has 1 aromatic carbocycles. The second-order valence-corrected chi connectivity index (χ2v) is 5.82. The van der Waals surface area contributed by atoms with Crippen LogP contribution in [0.5, 0.6) is 11.5 Å². The summed E-state index contributed by atoms with van der Waals surface area (Å²) in [6.07, 6.45) is 2.65. The van der Waals surface area contributed by atoms with Crippen LogP contribution in [0.2, 0.25) is 0 Å². The van der Waals surface area contributed by atoms with Gasteiger partial charge in [-0.05, 0) is 30.2 Å². The third-order valence-electron chi connectivity index (χ3n) is 3.08. The summed E-state index contributed by atoms with van der Waals surface area (Å²) >= 11 is 0. The fourth-order valence-electron chi connectivity index (χ4n) is 2.00. The third kappa shape index (κ3) is 3.71. The molecule has 6 nitrogen and oxygen atoms in total. The van der Waals surface area contributed by atoms with Gasteiger partial charge in [-0.1, -0.05) is 6.07 Å². The molecule has 1 heterocycles. The number of rotatable bonds is 5. The molecule has 0 radical (unpaired) electrons. The van der Waals surface area contributed by atoms with Gasteiger partial charge in [-0.25, -0.2) is 13.4 Å². The monoisotopic (exact) mass is 309 g/mol. The number of ether oxygens (including phenoxy) is 1. The Balaban J connectivity index is 2.24. The summed E-state index contributed by atoms with van der Waals surface area (Å²) < 4.78 is 38.5. The number of H-pyrrole nitrogens is 1. The van der Waals surface area contributed by atoms with Gasteiger partial charge in [-0.3, -0.25) is 0 Å². The number of benzene rings is 1. The van der Waals surface area contributed by atoms with Crippen LogP contribution in [0.25, 0.3) is 0 Å². The molecule has 0 aliphatic rings. The minimum Gasteiger partial charge on any atom is -0.744 e. The number of hydrogen-bond acceptors (Lipinski definition) is 5. The molecule has 1 aromatic heterocycles. The van der Waals surface area contributed by atoms with E-state index in [2.05, 4.69) is 4.98 Å². The van der Waals surface area contributed by atoms with Gasteiger partial charge in [0.1, 0.15) is 15.9 Å². The maximum Gasteiger partial charge on any atom is 0.222 e. The zero-order valence-electron chi connectivity index (χ0n) is 11.4. The van der Waals surface area contributed by atoms with Gasteiger partial charge in [0.05, 0.1) is 12.0 Å². The van der Waals surface area contributed by atoms with Crippen LogP contribution in [0.4, 0.5) is 0 Å². The van der Waals surface area contributed by atoms with E-state index < -0.39 is 10.1 Å². The maximum absolute atomic E-state index is 11.2. The Labute approximate surface area is 122 Å². The lowest BCUT2D eigenvalue weighted by molar-refractivity contribution is -0.391. The van der Waals surface area contributed by atoms with Crippen molar-refractivity contribution in [3.8, 4) is 11.5 Å². The number of aryl methyl sites for hydroxylation is 2. The Hall–Kier alpha value is -2.12. The number of aromatic amines is 1. The maximum atomic E-state index is 11.2. The van der Waals surface area contributed by atoms with Gasteiger partial charge >= 0.3 is 0 Å². The molecule has 0 bridgehead atoms. The number of aromatic nitrogens is 1. The topological polar surface area (TPSA) is 101 Å². The molecule has 0 atom stereocenters. The highest BCUT2D eigenvalue weighted by Crippen LogP contribution is 2.25. The predicted molar refractivity (Wildman–Crippen MR) is 73.0 cm³/mol. The van der Waals surface area contributed by atoms with E-state index in [-0.39, 0.29) is 16.4 Å². The average Bonchev–Trinajstić information content (AvgIpc) is 2.45. The number of hydrogen-bond donors (Lipinski definition) is 1. The van der Waals surface area contributed by atoms with Gasteiger partial charge in [0.2, 0.25) is 5.69 Å². The molecule has 0 saturated carbocycles. The van der Waals surface area contributed by atoms with Crippen molar-refractivity contribution < 1.29 is 27.8 Å². The molecule has 0 aliphatic heterocycles. The number of aromatic hydroxyl groups is 1. The van der Waals surface area contributed by atoms with Crippen molar-refractivity contribution in [2.24, 2.45) is 0 Å². The van der Waals surface area contributed by atoms with Crippen LogP contribution in [-0.2, 0) is 23.0 Å². The largest absolute Gasteiger partial charge is 0.744 e. The van der Waals surface area contributed by atoms with Crippen molar-refractivity contribution in [3.05, 3.63) is 47.8 Å². The average molecular weight is 309 g/mol. The Morgan fingerprint density at radius 3 is 2.67 bits per heavy atom. The summed E-state index contributed by atoms with van der Waals surface area (Å²) in [5, 5.41) is 9.66. The summed E-state index contributed by atoms with van der Waals surface area (Å²) in [6.45, 7) is 0. The molecule has 112 valence electrons. The van der Waals surface area contributed by atoms with Crippen molar-refractivity contribution in [3.63, 3.8) is 0 Å². The summed E-state index contributed by atoms with van der Waals surface area (Å²) in [7, 11) is -3.29. The third-order valence-corrected chi connectivity index (χ3v) is 3.94. The minimum absolute atomic E-state index is 0.0304. The number of pyridine rings is 1. The van der Waals surface area contributed by atoms with Gasteiger partial charge in [-0.15, -0.1) is 0 Å². The Morgan fingerprint density at radius 1 is 1.29 bits per heavy atom. The molecular formula is C14H15NO5S. The first kappa shape index (κ1) is 15.3. The Bertz CT molecular complexity index is 743. The molecule has 7 heteroatoms. The highest BCUT2D eigenvalue weighted by atomic mass is 32.2. The van der Waals surface area contributed by atoms with Crippen LogP contribution in [0.3, 0.4) is 0 Å². The first-order chi connectivity index (χ1) is 9.91. The molecule has 0 fully saturated rings. The zero-order valence-corrected chi connectivity index (χ0v) is 12.2. The van der Waals surface area contributed by atoms with Crippen LogP contribution in [0, 0.1) is 0 Å². The quantitative estimate of drug-likeness (QED) is 0.827. The molecule has 0 unspecified atom stereocenters. The first-order valence-corrected chi connectivity index (χ1v) is 7.64. The van der Waals surface area contributed by atoms with Gasteiger partial charge in [-0.2, -0.15) is 0 Å². The molecule has 2 N–H and O–H groups in total. The van der Waals surface area contributed by atoms with Crippen LogP contribution in [-0.4, -0.2) is 25.2 Å². The summed E-state index contributed by atoms with van der Waals surface area (Å²) in [5.41, 5.74) is 1.31. The molecule has 0 amide bonds. The van der Waals surface area contributed by atoms with E-state index in [1.807, 2.05) is 0 Å². The molecule has 0 spiro atoms. The van der Waals surface area contributed by atoms with E-state index in [4.69, 9.17) is 4.74 Å². The first-order valence-electron chi connectivity index (χ1n) is 6.23. The highest BCUT2D eigenvalue weighted by Gasteiger charge is 2.13. The van der Waals surface area contributed by atoms with Crippen LogP contribution < -0.4 is 9.72 Å². The molecule has 2 aromatic rings. The zero-order chi connectivity index (χ0) is 15.5. The summed E-state index contributed by atoms with van der Waals surface area (Å²) in [4.78, 5) is 2.55. The van der Waals surface area contributed by atoms with E-state index in [0.29, 0.717) is 24.1 Å². The van der Waals surface area contributed by atoms with E-state index >= 15 is 0 Å². The SMILES string of the molecule is COc1ccc(CCc2[nH+]cccc2O)cc1S(=O)(=O)[O-]. The van der Waals surface area contributed by atoms with Crippen molar-refractivity contribution in [2.45, 2.75) is 17.7 Å². The minimum atomic E-state index is -4.59. The van der Waals surface area contributed by atoms with Crippen molar-refractivity contribution in [2.75, 3.05) is 7.11 Å². The van der Waals surface area contributed by atoms with E-state index in [0.717, 1.165) is 0 Å². The fourth-order valence-corrected chi connectivity index (χ4v) is 2.70. The van der Waals surface area contributed by atoms with Gasteiger partial charge in [0.15, 0.2) is 11.9 Å². The Kier molecular flexibility index (Phi) is 4.44. The lowest BCUT2D eigenvalue weighted by Crippen LogP contribution is -2.11. The second kappa shape index (κ2) is 6.11. The van der Waals surface area contributed by atoms with Crippen LogP contribution in [0.1, 0.15) is 11.3 Å². The molecule has 21 heavy (non-hydrogen) atoms. The molecule has 0 saturated heterocycles. The molecular weight excluding hydrogens is 294 g/mol. The van der Waals surface area contributed by atoms with Gasteiger partial charge in [0.25, 0.3) is 0 Å². The molecule has 2 rings (SSSR count). The van der Waals surface area contributed by atoms with Crippen molar-refractivity contribution >= 4 is 10.1 Å². The Morgan fingerprint density at radius 2 is 2.05 bits per heavy atom. The number of nitrogens with one attached hydrogen (secondary N) is 1. The lowest BCUT2D eigenvalue weighted by Gasteiger charge is -2.13. The van der Waals surface area contributed by atoms with Crippen LogP contribution in [0.15, 0.2) is 41.4 Å². The van der Waals surface area contributed by atoms with Crippen LogP contribution >= 0.6 is 0 Å². The standard InChI is InChI=1S/C14H15NO5S/c1-20-13-7-5-10(9-14(13)21(17,18)19)4-6-11-12(16)3-2-8-15-11/h2-3,5,7-9,16H,4,6H2,1H3,(H,17,18,19). The van der Waals surface area contributed by atoms with Gasteiger partial charge in [0, 0.05) is 12.5 Å². The van der Waals surface area contributed by atoms with E-state index in [9.17, 15) is 18.1 Å². The highest BCUT2D eigenvalue weighted by molar-refractivity contribution is 7.85. The second-order valence-electron chi connectivity index (χ2n) is 4.47. The number of methoxy groups -OCH3 is 1. The van der Waals surface area contributed by atoms with E-state index in [1.165, 1.54) is 19.2 Å². The summed E-state index contributed by atoms with van der Waals surface area (Å²) in [6, 6.07) is 7.69. The summed E-state index contributed by atoms with van der Waals surface area (Å²) in [5.74, 6) is 0.172. The molecule has 0 aliphatic carbocycles. The van der Waals surface area contributed by atoms with Crippen molar-refractivity contribution in [1.82, 2.24) is 0 Å². The fraction of sp³-hybridized carbons (Fsp3) is 0.214. The smallest absolute Gasteiger partial charge is 0.222 e.